The summed E-state index contributed by atoms with van der Waals surface area (Å²) in [5.41, 5.74) is 0.787. The molecule has 27 heavy (non-hydrogen) atoms. The van der Waals surface area contributed by atoms with E-state index in [9.17, 15) is 13.9 Å². The van der Waals surface area contributed by atoms with Gasteiger partial charge in [-0.15, -0.1) is 0 Å². The predicted molar refractivity (Wildman–Crippen MR) is 104 cm³/mol. The van der Waals surface area contributed by atoms with Gasteiger partial charge in [0.25, 0.3) is 5.97 Å². The van der Waals surface area contributed by atoms with E-state index in [0.29, 0.717) is 6.42 Å². The van der Waals surface area contributed by atoms with Crippen molar-refractivity contribution in [2.75, 3.05) is 14.2 Å². The molecular weight excluding hydrogens is 350 g/mol. The van der Waals surface area contributed by atoms with E-state index in [1.807, 2.05) is 0 Å². The van der Waals surface area contributed by atoms with Crippen LogP contribution >= 0.6 is 0 Å². The molecule has 0 fully saturated rings. The summed E-state index contributed by atoms with van der Waals surface area (Å²) >= 11 is 0. The monoisotopic (exact) mass is 386 g/mol. The molecule has 0 aliphatic heterocycles. The predicted octanol–water partition coefficient (Wildman–Crippen LogP) is 5.98. The van der Waals surface area contributed by atoms with Crippen molar-refractivity contribution in [2.24, 2.45) is 5.92 Å². The first-order valence-electron chi connectivity index (χ1n) is 10.2. The minimum Gasteiger partial charge on any atom is -0.343 e. The highest BCUT2D eigenvalue weighted by Gasteiger charge is 2.36. The number of methoxy groups -OCH3 is 2. The number of rotatable bonds is 15. The lowest BCUT2D eigenvalue weighted by Crippen LogP contribution is -2.42. The Kier molecular flexibility index (Phi) is 11.7. The molecule has 156 valence electrons. The Morgan fingerprint density at radius 1 is 0.889 bits per heavy atom. The van der Waals surface area contributed by atoms with Crippen LogP contribution in [0.5, 0.6) is 0 Å². The molecule has 1 rings (SSSR count). The van der Waals surface area contributed by atoms with Crippen LogP contribution in [0.15, 0.2) is 18.2 Å². The summed E-state index contributed by atoms with van der Waals surface area (Å²) in [7, 11) is 2.91. The largest absolute Gasteiger partial charge is 0.343 e. The quantitative estimate of drug-likeness (QED) is 0.297. The van der Waals surface area contributed by atoms with Gasteiger partial charge in [-0.05, 0) is 43.4 Å². The average molecular weight is 387 g/mol. The Balaban J connectivity index is 2.44. The lowest BCUT2D eigenvalue weighted by atomic mass is 9.91. The Morgan fingerprint density at radius 2 is 1.48 bits per heavy atom. The van der Waals surface area contributed by atoms with Crippen molar-refractivity contribution in [1.82, 2.24) is 0 Å². The van der Waals surface area contributed by atoms with Gasteiger partial charge >= 0.3 is 0 Å². The third-order valence-corrected chi connectivity index (χ3v) is 5.26. The van der Waals surface area contributed by atoms with E-state index in [1.165, 1.54) is 52.0 Å². The molecule has 0 aromatic heterocycles. The topological polar surface area (TPSA) is 38.7 Å². The number of halogens is 2. The van der Waals surface area contributed by atoms with E-state index in [4.69, 9.17) is 9.47 Å². The molecule has 3 nitrogen and oxygen atoms in total. The molecule has 0 saturated heterocycles. The zero-order valence-electron chi connectivity index (χ0n) is 17.1. The highest BCUT2D eigenvalue weighted by Crippen LogP contribution is 2.30. The molecule has 5 heteroatoms. The van der Waals surface area contributed by atoms with Crippen molar-refractivity contribution < 1.29 is 23.4 Å². The maximum Gasteiger partial charge on any atom is 0.282 e. The Hall–Kier alpha value is -1.04. The van der Waals surface area contributed by atoms with Gasteiger partial charge in [-0.1, -0.05) is 57.9 Å². The van der Waals surface area contributed by atoms with E-state index in [1.54, 1.807) is 6.07 Å². The molecule has 0 heterocycles. The van der Waals surface area contributed by atoms with Crippen LogP contribution < -0.4 is 0 Å². The van der Waals surface area contributed by atoms with Crippen LogP contribution in [0.3, 0.4) is 0 Å². The zero-order chi connectivity index (χ0) is 20.1. The molecule has 0 amide bonds. The summed E-state index contributed by atoms with van der Waals surface area (Å²) in [6, 6.07) is 4.04. The standard InChI is InChI=1S/C22H36F2O3/c1-4-5-6-7-8-9-13-19(22(25,26-2)27-3)14-11-10-12-18-15-16-20(23)21(24)17-18/h15-17,19,25H,4-14H2,1-3H3. The smallest absolute Gasteiger partial charge is 0.282 e. The van der Waals surface area contributed by atoms with Crippen molar-refractivity contribution in [1.29, 1.82) is 0 Å². The minimum absolute atomic E-state index is 0.108. The third kappa shape index (κ3) is 8.67. The number of benzene rings is 1. The molecule has 0 bridgehead atoms. The second-order valence-electron chi connectivity index (χ2n) is 7.29. The van der Waals surface area contributed by atoms with Gasteiger partial charge in [0.15, 0.2) is 11.6 Å². The van der Waals surface area contributed by atoms with Gasteiger partial charge < -0.3 is 14.6 Å². The summed E-state index contributed by atoms with van der Waals surface area (Å²) in [6.45, 7) is 2.20. The summed E-state index contributed by atoms with van der Waals surface area (Å²) < 4.78 is 36.7. The third-order valence-electron chi connectivity index (χ3n) is 5.26. The lowest BCUT2D eigenvalue weighted by Gasteiger charge is -2.33. The van der Waals surface area contributed by atoms with Gasteiger partial charge in [0.05, 0.1) is 0 Å². The van der Waals surface area contributed by atoms with E-state index >= 15 is 0 Å². The molecule has 1 unspecified atom stereocenters. The molecule has 1 atom stereocenters. The number of aryl methyl sites for hydroxylation is 1. The highest BCUT2D eigenvalue weighted by molar-refractivity contribution is 5.17. The Labute approximate surface area is 163 Å². The zero-order valence-corrected chi connectivity index (χ0v) is 17.1. The van der Waals surface area contributed by atoms with Crippen LogP contribution in [-0.4, -0.2) is 25.3 Å². The highest BCUT2D eigenvalue weighted by atomic mass is 19.2. The number of ether oxygens (including phenoxy) is 2. The first-order chi connectivity index (χ1) is 13.0. The first-order valence-corrected chi connectivity index (χ1v) is 10.2. The summed E-state index contributed by atoms with van der Waals surface area (Å²) in [5.74, 6) is -3.29. The molecule has 1 N–H and O–H groups in total. The van der Waals surface area contributed by atoms with Crippen LogP contribution in [0.2, 0.25) is 0 Å². The maximum atomic E-state index is 13.3. The fraction of sp³-hybridized carbons (Fsp3) is 0.727. The molecular formula is C22H36F2O3. The van der Waals surface area contributed by atoms with E-state index in [-0.39, 0.29) is 5.92 Å². The van der Waals surface area contributed by atoms with E-state index < -0.39 is 17.6 Å². The minimum atomic E-state index is -1.56. The Morgan fingerprint density at radius 3 is 2.07 bits per heavy atom. The normalized spacial score (nSPS) is 13.1. The molecule has 1 aromatic rings. The number of aliphatic hydroxyl groups is 1. The number of unbranched alkanes of at least 4 members (excludes halogenated alkanes) is 6. The SMILES string of the molecule is CCCCCCCCC(CCCCc1ccc(F)c(F)c1)C(O)(OC)OC. The van der Waals surface area contributed by atoms with Crippen molar-refractivity contribution in [3.05, 3.63) is 35.4 Å². The Bertz CT molecular complexity index is 518. The number of hydrogen-bond donors (Lipinski definition) is 1. The molecule has 0 aliphatic rings. The number of hydrogen-bond acceptors (Lipinski definition) is 3. The van der Waals surface area contributed by atoms with E-state index in [2.05, 4.69) is 6.92 Å². The van der Waals surface area contributed by atoms with Gasteiger partial charge in [-0.25, -0.2) is 8.78 Å². The van der Waals surface area contributed by atoms with Crippen molar-refractivity contribution in [3.63, 3.8) is 0 Å². The molecule has 0 radical (unpaired) electrons. The molecule has 0 aliphatic carbocycles. The summed E-state index contributed by atoms with van der Waals surface area (Å²) in [4.78, 5) is 0. The van der Waals surface area contributed by atoms with Crippen molar-refractivity contribution >= 4 is 0 Å². The summed E-state index contributed by atoms with van der Waals surface area (Å²) in [5, 5.41) is 10.6. The summed E-state index contributed by atoms with van der Waals surface area (Å²) in [6.07, 6.45) is 11.1. The fourth-order valence-electron chi connectivity index (χ4n) is 3.51. The molecule has 1 aromatic carbocycles. The van der Waals surface area contributed by atoms with E-state index in [0.717, 1.165) is 44.1 Å². The van der Waals surface area contributed by atoms with Crippen LogP contribution in [0.4, 0.5) is 8.78 Å². The molecule has 0 saturated carbocycles. The van der Waals surface area contributed by atoms with Gasteiger partial charge in [0.1, 0.15) is 0 Å². The van der Waals surface area contributed by atoms with Crippen molar-refractivity contribution in [3.8, 4) is 0 Å². The first kappa shape index (κ1) is 24.0. The van der Waals surface area contributed by atoms with Gasteiger partial charge in [-0.2, -0.15) is 0 Å². The second kappa shape index (κ2) is 13.2. The van der Waals surface area contributed by atoms with Crippen molar-refractivity contribution in [2.45, 2.75) is 83.5 Å². The average Bonchev–Trinajstić information content (AvgIpc) is 2.68. The van der Waals surface area contributed by atoms with Gasteiger partial charge in [0, 0.05) is 20.1 Å². The molecule has 0 spiro atoms. The van der Waals surface area contributed by atoms with Crippen LogP contribution in [0, 0.1) is 17.6 Å². The van der Waals surface area contributed by atoms with Gasteiger partial charge in [-0.3, -0.25) is 0 Å². The fourth-order valence-corrected chi connectivity index (χ4v) is 3.51. The van der Waals surface area contributed by atoms with Crippen LogP contribution in [-0.2, 0) is 15.9 Å². The van der Waals surface area contributed by atoms with Gasteiger partial charge in [0.2, 0.25) is 0 Å². The van der Waals surface area contributed by atoms with Crippen LogP contribution in [0.25, 0.3) is 0 Å². The van der Waals surface area contributed by atoms with Crippen LogP contribution in [0.1, 0.15) is 76.7 Å². The maximum absolute atomic E-state index is 13.3. The second-order valence-corrected chi connectivity index (χ2v) is 7.29. The lowest BCUT2D eigenvalue weighted by molar-refractivity contribution is -0.369.